The predicted octanol–water partition coefficient (Wildman–Crippen LogP) is 10.9. The van der Waals surface area contributed by atoms with Crippen LogP contribution in [0, 0.1) is 55.4 Å². The number of carbonyl (C=O) groups excluding carboxylic acids is 5. The monoisotopic (exact) mass is 950 g/mol. The third kappa shape index (κ3) is 13.5. The number of hydrogen-bond donors (Lipinski definition) is 4. The Labute approximate surface area is 385 Å². The van der Waals surface area contributed by atoms with Crippen molar-refractivity contribution >= 4 is 69.0 Å². The molecule has 6 rings (SSSR count). The molecule has 0 aromatic heterocycles. The molecular weight excluding hydrogens is 900 g/mol. The first-order chi connectivity index (χ1) is 30.9. The van der Waals surface area contributed by atoms with Crippen molar-refractivity contribution in [2.24, 2.45) is 0 Å². The van der Waals surface area contributed by atoms with Crippen molar-refractivity contribution in [2.75, 3.05) is 27.9 Å². The molecule has 4 N–H and O–H groups in total. The van der Waals surface area contributed by atoms with Crippen LogP contribution in [0.2, 0.25) is 0 Å². The highest BCUT2D eigenvalue weighted by Crippen LogP contribution is 2.32. The van der Waals surface area contributed by atoms with Crippen LogP contribution in [-0.4, -0.2) is 67.7 Å². The van der Waals surface area contributed by atoms with Gasteiger partial charge in [-0.2, -0.15) is 0 Å². The summed E-state index contributed by atoms with van der Waals surface area (Å²) in [6, 6.07) is 27.9. The van der Waals surface area contributed by atoms with E-state index in [4.69, 9.17) is 28.4 Å². The summed E-state index contributed by atoms with van der Waals surface area (Å²) in [4.78, 5) is 69.2. The molecule has 1 aliphatic rings. The number of ether oxygens (including phenoxy) is 6. The summed E-state index contributed by atoms with van der Waals surface area (Å²) in [5.41, 5.74) is 8.47. The van der Waals surface area contributed by atoms with Gasteiger partial charge in [-0.05, 0) is 176 Å². The van der Waals surface area contributed by atoms with Gasteiger partial charge >= 0.3 is 30.3 Å². The second-order valence-corrected chi connectivity index (χ2v) is 17.0. The quantitative estimate of drug-likeness (QED) is 0.0728. The molecule has 1 aliphatic heterocycles. The molecular formula is C49H51BrN4O11. The normalized spacial score (nSPS) is 17.8. The van der Waals surface area contributed by atoms with Gasteiger partial charge in [-0.3, -0.25) is 21.3 Å². The zero-order valence-corrected chi connectivity index (χ0v) is 38.8. The van der Waals surface area contributed by atoms with Crippen LogP contribution in [0.4, 0.5) is 41.9 Å². The SMILES string of the molecule is Cc1cc(C)cc(NC(=O)OC2O[C@H](COC(=O)c3ccccc3Br)[C@@H](OC(=O)Nc3cc(C)cc(C)c3)[C@H](OC(=O)Nc3cc(C)cc(C)c3)[C@H]2OC(=O)Nc2cc(C)cc(C)c2)c1. The molecule has 0 bridgehead atoms. The first-order valence-corrected chi connectivity index (χ1v) is 21.5. The third-order valence-corrected chi connectivity index (χ3v) is 10.6. The van der Waals surface area contributed by atoms with Crippen molar-refractivity contribution in [2.45, 2.75) is 86.1 Å². The summed E-state index contributed by atoms with van der Waals surface area (Å²) >= 11 is 3.36. The Hall–Kier alpha value is -6.91. The Morgan fingerprint density at radius 1 is 0.477 bits per heavy atom. The average molecular weight is 952 g/mol. The smallest absolute Gasteiger partial charge is 0.414 e. The van der Waals surface area contributed by atoms with Crippen molar-refractivity contribution in [3.8, 4) is 0 Å². The van der Waals surface area contributed by atoms with Gasteiger partial charge in [-0.15, -0.1) is 0 Å². The second-order valence-electron chi connectivity index (χ2n) is 16.1. The number of halogens is 1. The zero-order valence-electron chi connectivity index (χ0n) is 37.2. The highest BCUT2D eigenvalue weighted by molar-refractivity contribution is 9.10. The highest BCUT2D eigenvalue weighted by atomic mass is 79.9. The Bertz CT molecular complexity index is 2520. The molecule has 15 nitrogen and oxygen atoms in total. The molecule has 0 spiro atoms. The van der Waals surface area contributed by atoms with E-state index < -0.39 is 67.7 Å². The van der Waals surface area contributed by atoms with Gasteiger partial charge in [0.2, 0.25) is 12.4 Å². The zero-order chi connectivity index (χ0) is 46.9. The maximum absolute atomic E-state index is 14.0. The Kier molecular flexibility index (Phi) is 15.5. The van der Waals surface area contributed by atoms with Gasteiger partial charge in [-0.1, -0.05) is 36.4 Å². The van der Waals surface area contributed by atoms with Crippen molar-refractivity contribution in [1.29, 1.82) is 0 Å². The molecule has 1 heterocycles. The summed E-state index contributed by atoms with van der Waals surface area (Å²) in [6.07, 6.45) is -12.9. The summed E-state index contributed by atoms with van der Waals surface area (Å²) in [5.74, 6) is -0.791. The van der Waals surface area contributed by atoms with Gasteiger partial charge in [0, 0.05) is 27.2 Å². The van der Waals surface area contributed by atoms with Crippen LogP contribution in [0.25, 0.3) is 0 Å². The summed E-state index contributed by atoms with van der Waals surface area (Å²) in [7, 11) is 0. The molecule has 4 amide bonds. The van der Waals surface area contributed by atoms with Crippen molar-refractivity contribution in [1.82, 2.24) is 0 Å². The maximum atomic E-state index is 14.0. The van der Waals surface area contributed by atoms with Crippen LogP contribution in [0.5, 0.6) is 0 Å². The lowest BCUT2D eigenvalue weighted by molar-refractivity contribution is -0.279. The predicted molar refractivity (Wildman–Crippen MR) is 249 cm³/mol. The minimum atomic E-state index is -1.88. The summed E-state index contributed by atoms with van der Waals surface area (Å²) in [5, 5.41) is 10.7. The molecule has 65 heavy (non-hydrogen) atoms. The lowest BCUT2D eigenvalue weighted by atomic mass is 9.98. The van der Waals surface area contributed by atoms with Crippen molar-refractivity contribution in [3.63, 3.8) is 0 Å². The minimum absolute atomic E-state index is 0.166. The maximum Gasteiger partial charge on any atom is 0.414 e. The number of esters is 1. The van der Waals surface area contributed by atoms with E-state index in [1.165, 1.54) is 6.07 Å². The van der Waals surface area contributed by atoms with Crippen LogP contribution in [-0.2, 0) is 28.4 Å². The van der Waals surface area contributed by atoms with Crippen LogP contribution >= 0.6 is 15.9 Å². The Morgan fingerprint density at radius 3 is 1.20 bits per heavy atom. The standard InChI is InChI=1S/C49H51BrN4O11/c1-26-13-27(2)18-34(17-26)51-46(56)62-41-40(25-60-44(55)38-11-9-10-12-39(38)50)61-45(65-49(59)54-37-23-32(7)16-33(8)24-37)43(64-48(58)53-36-21-30(5)15-31(6)22-36)42(41)63-47(57)52-35-19-28(3)14-29(4)20-35/h9-24,40-43,45H,25H2,1-8H3,(H,51,56)(H,52,57)(H,53,58)(H,54,59)/t40-,41-,42+,43-,45?/m1/s1. The fourth-order valence-electron chi connectivity index (χ4n) is 7.62. The Balaban J connectivity index is 1.42. The van der Waals surface area contributed by atoms with Crippen molar-refractivity contribution < 1.29 is 52.4 Å². The van der Waals surface area contributed by atoms with Crippen molar-refractivity contribution in [3.05, 3.63) is 152 Å². The lowest BCUT2D eigenvalue weighted by Gasteiger charge is -2.43. The molecule has 5 aromatic rings. The number of hydrogen-bond acceptors (Lipinski definition) is 11. The minimum Gasteiger partial charge on any atom is -0.459 e. The van der Waals surface area contributed by atoms with E-state index in [0.717, 1.165) is 44.5 Å². The number of carbonyl (C=O) groups is 5. The third-order valence-electron chi connectivity index (χ3n) is 9.89. The van der Waals surface area contributed by atoms with E-state index in [1.54, 1.807) is 66.7 Å². The van der Waals surface area contributed by atoms with E-state index in [1.807, 2.05) is 79.7 Å². The van der Waals surface area contributed by atoms with Crippen LogP contribution in [0.1, 0.15) is 54.9 Å². The van der Waals surface area contributed by atoms with E-state index in [-0.39, 0.29) is 5.56 Å². The molecule has 5 atom stereocenters. The lowest BCUT2D eigenvalue weighted by Crippen LogP contribution is -2.64. The number of amides is 4. The fraction of sp³-hybridized carbons (Fsp3) is 0.286. The van der Waals surface area contributed by atoms with E-state index in [2.05, 4.69) is 37.2 Å². The molecule has 0 radical (unpaired) electrons. The molecule has 5 aromatic carbocycles. The van der Waals surface area contributed by atoms with Crippen LogP contribution < -0.4 is 21.3 Å². The largest absolute Gasteiger partial charge is 0.459 e. The highest BCUT2D eigenvalue weighted by Gasteiger charge is 2.55. The Morgan fingerprint density at radius 2 is 0.815 bits per heavy atom. The first-order valence-electron chi connectivity index (χ1n) is 20.7. The number of rotatable bonds is 11. The molecule has 0 aliphatic carbocycles. The number of anilines is 4. The summed E-state index contributed by atoms with van der Waals surface area (Å²) in [6.45, 7) is 14.2. The molecule has 0 saturated carbocycles. The van der Waals surface area contributed by atoms with Gasteiger partial charge in [0.05, 0.1) is 5.56 Å². The summed E-state index contributed by atoms with van der Waals surface area (Å²) < 4.78 is 36.5. The molecule has 340 valence electrons. The van der Waals surface area contributed by atoms with E-state index in [0.29, 0.717) is 27.2 Å². The fourth-order valence-corrected chi connectivity index (χ4v) is 8.07. The topological polar surface area (TPSA) is 189 Å². The average Bonchev–Trinajstić information content (AvgIpc) is 3.17. The van der Waals surface area contributed by atoms with Gasteiger partial charge in [0.1, 0.15) is 12.7 Å². The van der Waals surface area contributed by atoms with E-state index in [9.17, 15) is 24.0 Å². The van der Waals surface area contributed by atoms with E-state index >= 15 is 0 Å². The molecule has 1 unspecified atom stereocenters. The van der Waals surface area contributed by atoms with Crippen LogP contribution in [0.3, 0.4) is 0 Å². The molecule has 1 saturated heterocycles. The first kappa shape index (κ1) is 47.6. The number of benzene rings is 5. The molecule has 16 heteroatoms. The second kappa shape index (κ2) is 21.2. The number of aryl methyl sites for hydroxylation is 8. The number of nitrogens with one attached hydrogen (secondary N) is 4. The van der Waals surface area contributed by atoms with Crippen LogP contribution in [0.15, 0.2) is 102 Å². The van der Waals surface area contributed by atoms with Gasteiger partial charge in [0.15, 0.2) is 12.2 Å². The molecule has 1 fully saturated rings. The van der Waals surface area contributed by atoms with Gasteiger partial charge in [0.25, 0.3) is 0 Å². The van der Waals surface area contributed by atoms with Gasteiger partial charge in [-0.25, -0.2) is 24.0 Å². The van der Waals surface area contributed by atoms with Gasteiger partial charge < -0.3 is 28.4 Å².